The highest BCUT2D eigenvalue weighted by atomic mass is 16.5. The molecular weight excluding hydrogens is 428 g/mol. The van der Waals surface area contributed by atoms with E-state index in [1.807, 2.05) is 6.07 Å². The van der Waals surface area contributed by atoms with E-state index in [-0.39, 0.29) is 23.7 Å². The summed E-state index contributed by atoms with van der Waals surface area (Å²) in [5, 5.41) is 0. The summed E-state index contributed by atoms with van der Waals surface area (Å²) < 4.78 is 5.47. The van der Waals surface area contributed by atoms with Gasteiger partial charge in [0.1, 0.15) is 5.69 Å². The van der Waals surface area contributed by atoms with Crippen LogP contribution < -0.4 is 10.6 Å². The van der Waals surface area contributed by atoms with Gasteiger partial charge in [0.15, 0.2) is 11.6 Å². The van der Waals surface area contributed by atoms with Gasteiger partial charge in [-0.15, -0.1) is 0 Å². The van der Waals surface area contributed by atoms with E-state index in [4.69, 9.17) is 10.5 Å². The number of anilines is 2. The molecule has 0 unspecified atom stereocenters. The predicted molar refractivity (Wildman–Crippen MR) is 132 cm³/mol. The molecule has 1 saturated heterocycles. The van der Waals surface area contributed by atoms with Crippen molar-refractivity contribution in [2.45, 2.75) is 25.8 Å². The van der Waals surface area contributed by atoms with Crippen LogP contribution in [0.2, 0.25) is 0 Å². The fourth-order valence-corrected chi connectivity index (χ4v) is 4.75. The number of Topliss-reactive ketones (excluding diaryl/α,β-unsaturated/α-hetero) is 1. The van der Waals surface area contributed by atoms with Crippen molar-refractivity contribution in [3.05, 3.63) is 65.2 Å². The fraction of sp³-hybridized carbons (Fsp3) is 0.385. The highest BCUT2D eigenvalue weighted by molar-refractivity contribution is 6.00. The molecule has 5 rings (SSSR count). The number of nitrogen functional groups attached to an aromatic ring is 1. The van der Waals surface area contributed by atoms with Crippen LogP contribution in [-0.4, -0.2) is 65.5 Å². The number of benzene rings is 1. The lowest BCUT2D eigenvalue weighted by molar-refractivity contribution is 0.0988. The molecule has 34 heavy (non-hydrogen) atoms. The summed E-state index contributed by atoms with van der Waals surface area (Å²) in [5.41, 5.74) is 12.5. The van der Waals surface area contributed by atoms with E-state index in [1.165, 1.54) is 11.1 Å². The van der Waals surface area contributed by atoms with Crippen LogP contribution in [0.3, 0.4) is 0 Å². The maximum atomic E-state index is 13.3. The second-order valence-electron chi connectivity index (χ2n) is 9.02. The molecule has 0 atom stereocenters. The molecular formula is C26H30N6O2. The van der Waals surface area contributed by atoms with Gasteiger partial charge in [-0.3, -0.25) is 9.78 Å². The maximum Gasteiger partial charge on any atom is 0.189 e. The lowest BCUT2D eigenvalue weighted by Gasteiger charge is -2.30. The molecule has 0 aliphatic carbocycles. The van der Waals surface area contributed by atoms with E-state index in [0.29, 0.717) is 18.9 Å². The second-order valence-corrected chi connectivity index (χ2v) is 9.02. The number of carbonyl (C=O) groups is 1. The number of morpholine rings is 1. The Hall–Kier alpha value is -3.36. The number of aromatic nitrogens is 3. The fourth-order valence-electron chi connectivity index (χ4n) is 4.75. The molecule has 1 aromatic carbocycles. The third-order valence-corrected chi connectivity index (χ3v) is 6.57. The average Bonchev–Trinajstić information content (AvgIpc) is 3.05. The van der Waals surface area contributed by atoms with Gasteiger partial charge >= 0.3 is 0 Å². The number of pyridine rings is 1. The number of ether oxygens (including phenoxy) is 1. The molecule has 0 bridgehead atoms. The Morgan fingerprint density at radius 3 is 2.82 bits per heavy atom. The maximum absolute atomic E-state index is 13.3. The molecule has 2 aromatic heterocycles. The Morgan fingerprint density at radius 1 is 1.12 bits per heavy atom. The number of ketones is 1. The summed E-state index contributed by atoms with van der Waals surface area (Å²) in [6, 6.07) is 8.35. The van der Waals surface area contributed by atoms with Gasteiger partial charge in [0.2, 0.25) is 0 Å². The Labute approximate surface area is 199 Å². The molecule has 0 amide bonds. The topological polar surface area (TPSA) is 97.5 Å². The first-order valence-electron chi connectivity index (χ1n) is 11.8. The van der Waals surface area contributed by atoms with E-state index < -0.39 is 0 Å². The van der Waals surface area contributed by atoms with Gasteiger partial charge in [0.05, 0.1) is 25.1 Å². The normalized spacial score (nSPS) is 16.7. The summed E-state index contributed by atoms with van der Waals surface area (Å²) in [5.74, 6) is -0.00677. The summed E-state index contributed by atoms with van der Waals surface area (Å²) in [4.78, 5) is 31.1. The molecule has 0 spiro atoms. The minimum atomic E-state index is -0.161. The minimum absolute atomic E-state index is 0.155. The summed E-state index contributed by atoms with van der Waals surface area (Å²) in [6.07, 6.45) is 7.48. The Morgan fingerprint density at radius 2 is 1.97 bits per heavy atom. The van der Waals surface area contributed by atoms with Crippen molar-refractivity contribution >= 4 is 17.3 Å². The predicted octanol–water partition coefficient (Wildman–Crippen LogP) is 2.76. The quantitative estimate of drug-likeness (QED) is 0.583. The molecule has 1 fully saturated rings. The van der Waals surface area contributed by atoms with Gasteiger partial charge in [-0.25, -0.2) is 9.97 Å². The average molecular weight is 459 g/mol. The minimum Gasteiger partial charge on any atom is -0.382 e. The van der Waals surface area contributed by atoms with Gasteiger partial charge in [0, 0.05) is 55.3 Å². The summed E-state index contributed by atoms with van der Waals surface area (Å²) >= 11 is 0. The highest BCUT2D eigenvalue weighted by Crippen LogP contribution is 2.27. The highest BCUT2D eigenvalue weighted by Gasteiger charge is 2.21. The van der Waals surface area contributed by atoms with Crippen molar-refractivity contribution in [2.75, 3.05) is 50.5 Å². The molecule has 0 radical (unpaired) electrons. The number of carbonyl (C=O) groups excluding carboxylic acids is 1. The van der Waals surface area contributed by atoms with Crippen molar-refractivity contribution in [1.82, 2.24) is 19.9 Å². The molecule has 4 heterocycles. The lowest BCUT2D eigenvalue weighted by Crippen LogP contribution is -2.37. The first-order valence-corrected chi connectivity index (χ1v) is 11.8. The van der Waals surface area contributed by atoms with Crippen LogP contribution in [0.5, 0.6) is 0 Å². The molecule has 2 aliphatic heterocycles. The zero-order chi connectivity index (χ0) is 23.5. The summed E-state index contributed by atoms with van der Waals surface area (Å²) in [7, 11) is 2.15. The van der Waals surface area contributed by atoms with Gasteiger partial charge in [-0.2, -0.15) is 0 Å². The molecule has 3 aromatic rings. The van der Waals surface area contributed by atoms with Crippen LogP contribution >= 0.6 is 0 Å². The molecule has 2 N–H and O–H groups in total. The number of rotatable bonds is 5. The van der Waals surface area contributed by atoms with Crippen LogP contribution in [0, 0.1) is 0 Å². The first-order chi connectivity index (χ1) is 16.6. The molecule has 8 heteroatoms. The Bertz CT molecular complexity index is 1190. The lowest BCUT2D eigenvalue weighted by atomic mass is 9.99. The Kier molecular flexibility index (Phi) is 6.51. The van der Waals surface area contributed by atoms with Gasteiger partial charge < -0.3 is 20.3 Å². The molecule has 8 nitrogen and oxygen atoms in total. The standard InChI is InChI=1S/C26H30N6O2/c1-31-8-2-3-18-13-19(4-5-20(18)17-31)22-16-29-26(27)25(30-22)24(33)14-21-15-28-7-6-23(21)32-9-11-34-12-10-32/h4-7,13,15-16H,2-3,8-12,14,17H2,1H3,(H2,27,29). The van der Waals surface area contributed by atoms with Crippen molar-refractivity contribution in [1.29, 1.82) is 0 Å². The molecule has 176 valence electrons. The van der Waals surface area contributed by atoms with Crippen LogP contribution in [0.15, 0.2) is 42.9 Å². The van der Waals surface area contributed by atoms with Crippen molar-refractivity contribution in [3.8, 4) is 11.3 Å². The summed E-state index contributed by atoms with van der Waals surface area (Å²) in [6.45, 7) is 4.96. The zero-order valence-electron chi connectivity index (χ0n) is 19.5. The van der Waals surface area contributed by atoms with E-state index in [1.54, 1.807) is 18.6 Å². The smallest absolute Gasteiger partial charge is 0.189 e. The largest absolute Gasteiger partial charge is 0.382 e. The first kappa shape index (κ1) is 22.4. The molecule has 0 saturated carbocycles. The van der Waals surface area contributed by atoms with E-state index in [9.17, 15) is 4.79 Å². The van der Waals surface area contributed by atoms with Gasteiger partial charge in [-0.1, -0.05) is 12.1 Å². The van der Waals surface area contributed by atoms with Gasteiger partial charge in [0.25, 0.3) is 0 Å². The van der Waals surface area contributed by atoms with Crippen molar-refractivity contribution in [2.24, 2.45) is 0 Å². The molecule has 2 aliphatic rings. The number of aryl methyl sites for hydroxylation is 1. The van der Waals surface area contributed by atoms with E-state index in [2.05, 4.69) is 50.0 Å². The van der Waals surface area contributed by atoms with Crippen LogP contribution in [-0.2, 0) is 24.1 Å². The van der Waals surface area contributed by atoms with Crippen LogP contribution in [0.25, 0.3) is 11.3 Å². The van der Waals surface area contributed by atoms with Gasteiger partial charge in [-0.05, 0) is 49.7 Å². The van der Waals surface area contributed by atoms with Crippen molar-refractivity contribution in [3.63, 3.8) is 0 Å². The third-order valence-electron chi connectivity index (χ3n) is 6.57. The van der Waals surface area contributed by atoms with Crippen molar-refractivity contribution < 1.29 is 9.53 Å². The Balaban J connectivity index is 1.41. The number of nitrogens with zero attached hydrogens (tertiary/aromatic N) is 5. The number of nitrogens with two attached hydrogens (primary N) is 1. The van der Waals surface area contributed by atoms with E-state index in [0.717, 1.165) is 55.8 Å². The second kappa shape index (κ2) is 9.87. The SMILES string of the molecule is CN1CCCc2cc(-c3cnc(N)c(C(=O)Cc4cnccc4N4CCOCC4)n3)ccc2C1. The van der Waals surface area contributed by atoms with E-state index >= 15 is 0 Å². The zero-order valence-corrected chi connectivity index (χ0v) is 19.5. The van der Waals surface area contributed by atoms with Crippen LogP contribution in [0.4, 0.5) is 11.5 Å². The van der Waals surface area contributed by atoms with Crippen LogP contribution in [0.1, 0.15) is 33.6 Å². The number of hydrogen-bond acceptors (Lipinski definition) is 8. The number of fused-ring (bicyclic) bond motifs is 1. The monoisotopic (exact) mass is 458 g/mol. The number of hydrogen-bond donors (Lipinski definition) is 1. The third kappa shape index (κ3) is 4.78.